The maximum atomic E-state index is 11.5. The van der Waals surface area contributed by atoms with Crippen LogP contribution in [0.4, 0.5) is 16.2 Å². The molecule has 0 saturated heterocycles. The highest BCUT2D eigenvalue weighted by Gasteiger charge is 2.06. The molecule has 0 fully saturated rings. The molecule has 1 aromatic carbocycles. The van der Waals surface area contributed by atoms with Crippen molar-refractivity contribution in [2.75, 3.05) is 11.9 Å². The summed E-state index contributed by atoms with van der Waals surface area (Å²) in [6.45, 7) is 2.62. The van der Waals surface area contributed by atoms with Crippen molar-refractivity contribution in [1.82, 2.24) is 5.48 Å². The lowest BCUT2D eigenvalue weighted by atomic mass is 10.2. The number of urea groups is 1. The Kier molecular flexibility index (Phi) is 7.81. The number of carbonyl (C=O) groups excluding carboxylic acids is 1. The topological polar surface area (TPSA) is 93.5 Å². The second-order valence-corrected chi connectivity index (χ2v) is 4.62. The van der Waals surface area contributed by atoms with Gasteiger partial charge >= 0.3 is 6.03 Å². The van der Waals surface area contributed by atoms with Crippen molar-refractivity contribution in [3.8, 4) is 0 Å². The summed E-state index contributed by atoms with van der Waals surface area (Å²) < 4.78 is 0. The Labute approximate surface area is 123 Å². The molecule has 0 saturated carbocycles. The van der Waals surface area contributed by atoms with Gasteiger partial charge in [0.1, 0.15) is 0 Å². The number of hydrogen-bond acceptors (Lipinski definition) is 4. The number of unbranched alkanes of at least 4 members (excludes halogenated alkanes) is 4. The average molecular weight is 295 g/mol. The number of nitrogens with one attached hydrogen (secondary N) is 2. The molecule has 116 valence electrons. The van der Waals surface area contributed by atoms with E-state index in [9.17, 15) is 14.9 Å². The molecule has 0 bridgehead atoms. The van der Waals surface area contributed by atoms with E-state index in [0.29, 0.717) is 12.3 Å². The first kappa shape index (κ1) is 16.9. The average Bonchev–Trinajstić information content (AvgIpc) is 2.47. The predicted octanol–water partition coefficient (Wildman–Crippen LogP) is 3.62. The summed E-state index contributed by atoms with van der Waals surface area (Å²) >= 11 is 0. The van der Waals surface area contributed by atoms with E-state index in [1.165, 1.54) is 43.5 Å². The highest BCUT2D eigenvalue weighted by Crippen LogP contribution is 2.15. The van der Waals surface area contributed by atoms with Crippen molar-refractivity contribution in [1.29, 1.82) is 0 Å². The zero-order valence-electron chi connectivity index (χ0n) is 12.1. The summed E-state index contributed by atoms with van der Waals surface area (Å²) in [6.07, 6.45) is 5.57. The quantitative estimate of drug-likeness (QED) is 0.413. The molecular weight excluding hydrogens is 274 g/mol. The van der Waals surface area contributed by atoms with E-state index in [4.69, 9.17) is 4.84 Å². The van der Waals surface area contributed by atoms with Gasteiger partial charge in [0.15, 0.2) is 0 Å². The van der Waals surface area contributed by atoms with E-state index < -0.39 is 11.0 Å². The molecule has 0 atom stereocenters. The minimum Gasteiger partial charge on any atom is -0.306 e. The molecule has 0 aliphatic rings. The number of amides is 2. The number of benzene rings is 1. The SMILES string of the molecule is CCCCCCCONC(=O)Nc1ccc([N+](=O)[O-])cc1. The number of nitrogens with zero attached hydrogens (tertiary/aromatic N) is 1. The molecule has 0 spiro atoms. The Morgan fingerprint density at radius 1 is 1.19 bits per heavy atom. The minimum absolute atomic E-state index is 0.0238. The van der Waals surface area contributed by atoms with Crippen molar-refractivity contribution >= 4 is 17.4 Å². The Morgan fingerprint density at radius 2 is 1.86 bits per heavy atom. The Morgan fingerprint density at radius 3 is 2.48 bits per heavy atom. The number of nitro benzene ring substituents is 1. The van der Waals surface area contributed by atoms with Crippen LogP contribution in [0.15, 0.2) is 24.3 Å². The molecule has 7 nitrogen and oxygen atoms in total. The van der Waals surface area contributed by atoms with Gasteiger partial charge in [-0.1, -0.05) is 32.6 Å². The molecule has 1 rings (SSSR count). The number of nitro groups is 1. The summed E-state index contributed by atoms with van der Waals surface area (Å²) in [5.74, 6) is 0. The number of rotatable bonds is 9. The molecule has 2 amide bonds. The number of hydroxylamine groups is 1. The second kappa shape index (κ2) is 9.71. The van der Waals surface area contributed by atoms with Gasteiger partial charge in [-0.15, -0.1) is 0 Å². The van der Waals surface area contributed by atoms with Gasteiger partial charge in [-0.3, -0.25) is 15.0 Å². The van der Waals surface area contributed by atoms with Crippen molar-refractivity contribution in [2.24, 2.45) is 0 Å². The maximum Gasteiger partial charge on any atom is 0.343 e. The Hall–Kier alpha value is -2.15. The van der Waals surface area contributed by atoms with E-state index in [0.717, 1.165) is 12.8 Å². The monoisotopic (exact) mass is 295 g/mol. The molecule has 0 heterocycles. The third kappa shape index (κ3) is 7.26. The molecule has 1 aromatic rings. The highest BCUT2D eigenvalue weighted by atomic mass is 16.7. The van der Waals surface area contributed by atoms with Gasteiger partial charge < -0.3 is 5.32 Å². The third-order valence-electron chi connectivity index (χ3n) is 2.85. The van der Waals surface area contributed by atoms with E-state index >= 15 is 0 Å². The molecule has 0 unspecified atom stereocenters. The summed E-state index contributed by atoms with van der Waals surface area (Å²) in [7, 11) is 0. The van der Waals surface area contributed by atoms with E-state index in [-0.39, 0.29) is 5.69 Å². The van der Waals surface area contributed by atoms with Crippen LogP contribution >= 0.6 is 0 Å². The molecule has 0 aromatic heterocycles. The van der Waals surface area contributed by atoms with Crippen LogP contribution in [0, 0.1) is 10.1 Å². The van der Waals surface area contributed by atoms with Crippen molar-refractivity contribution in [3.63, 3.8) is 0 Å². The van der Waals surface area contributed by atoms with Crippen LogP contribution in [0.2, 0.25) is 0 Å². The van der Waals surface area contributed by atoms with Crippen LogP contribution in [0.25, 0.3) is 0 Å². The number of carbonyl (C=O) groups is 1. The first-order valence-corrected chi connectivity index (χ1v) is 7.06. The van der Waals surface area contributed by atoms with E-state index in [1.54, 1.807) is 0 Å². The first-order valence-electron chi connectivity index (χ1n) is 7.06. The standard InChI is InChI=1S/C14H21N3O4/c1-2-3-4-5-6-11-21-16-14(18)15-12-7-9-13(10-8-12)17(19)20/h7-10H,2-6,11H2,1H3,(H2,15,16,18). The molecule has 21 heavy (non-hydrogen) atoms. The predicted molar refractivity (Wildman–Crippen MR) is 80.0 cm³/mol. The molecule has 2 N–H and O–H groups in total. The lowest BCUT2D eigenvalue weighted by Crippen LogP contribution is -2.29. The largest absolute Gasteiger partial charge is 0.343 e. The van der Waals surface area contributed by atoms with Crippen LogP contribution in [0.3, 0.4) is 0 Å². The number of non-ortho nitro benzene ring substituents is 1. The fraction of sp³-hybridized carbons (Fsp3) is 0.500. The molecule has 0 aliphatic heterocycles. The minimum atomic E-state index is -0.502. The third-order valence-corrected chi connectivity index (χ3v) is 2.85. The summed E-state index contributed by atoms with van der Waals surface area (Å²) in [5.41, 5.74) is 2.71. The summed E-state index contributed by atoms with van der Waals surface area (Å²) in [6, 6.07) is 5.07. The van der Waals surface area contributed by atoms with Crippen LogP contribution in [-0.2, 0) is 4.84 Å². The highest BCUT2D eigenvalue weighted by molar-refractivity contribution is 5.88. The molecule has 0 radical (unpaired) electrons. The van der Waals surface area contributed by atoms with Crippen molar-refractivity contribution in [3.05, 3.63) is 34.4 Å². The Bertz CT molecular complexity index is 448. The van der Waals surface area contributed by atoms with Gasteiger partial charge in [-0.25, -0.2) is 10.3 Å². The molecule has 7 heteroatoms. The Balaban J connectivity index is 2.17. The van der Waals surface area contributed by atoms with Crippen molar-refractivity contribution in [2.45, 2.75) is 39.0 Å². The van der Waals surface area contributed by atoms with Crippen LogP contribution in [-0.4, -0.2) is 17.6 Å². The number of anilines is 1. The maximum absolute atomic E-state index is 11.5. The summed E-state index contributed by atoms with van der Waals surface area (Å²) in [5, 5.41) is 13.0. The lowest BCUT2D eigenvalue weighted by Gasteiger charge is -2.07. The van der Waals surface area contributed by atoms with Gasteiger partial charge in [-0.2, -0.15) is 0 Å². The zero-order chi connectivity index (χ0) is 15.5. The number of hydrogen-bond donors (Lipinski definition) is 2. The van der Waals surface area contributed by atoms with Gasteiger partial charge in [-0.05, 0) is 18.6 Å². The molecular formula is C14H21N3O4. The lowest BCUT2D eigenvalue weighted by molar-refractivity contribution is -0.384. The van der Waals surface area contributed by atoms with E-state index in [1.807, 2.05) is 0 Å². The van der Waals surface area contributed by atoms with Crippen LogP contribution in [0.1, 0.15) is 39.0 Å². The van der Waals surface area contributed by atoms with Gasteiger partial charge in [0, 0.05) is 17.8 Å². The first-order chi connectivity index (χ1) is 10.1. The normalized spacial score (nSPS) is 10.1. The smallest absolute Gasteiger partial charge is 0.306 e. The second-order valence-electron chi connectivity index (χ2n) is 4.62. The fourth-order valence-corrected chi connectivity index (χ4v) is 1.72. The van der Waals surface area contributed by atoms with Crippen LogP contribution in [0.5, 0.6) is 0 Å². The van der Waals surface area contributed by atoms with E-state index in [2.05, 4.69) is 17.7 Å². The van der Waals surface area contributed by atoms with Gasteiger partial charge in [0.05, 0.1) is 11.5 Å². The van der Waals surface area contributed by atoms with Gasteiger partial charge in [0.25, 0.3) is 5.69 Å². The fourth-order valence-electron chi connectivity index (χ4n) is 1.72. The van der Waals surface area contributed by atoms with Crippen molar-refractivity contribution < 1.29 is 14.6 Å². The van der Waals surface area contributed by atoms with Crippen LogP contribution < -0.4 is 10.8 Å². The zero-order valence-corrected chi connectivity index (χ0v) is 12.1. The van der Waals surface area contributed by atoms with Gasteiger partial charge in [0.2, 0.25) is 0 Å². The molecule has 0 aliphatic carbocycles. The summed E-state index contributed by atoms with van der Waals surface area (Å²) in [4.78, 5) is 26.5.